The molecule has 0 saturated heterocycles. The van der Waals surface area contributed by atoms with E-state index in [1.807, 2.05) is 0 Å². The summed E-state index contributed by atoms with van der Waals surface area (Å²) in [7, 11) is 0. The lowest BCUT2D eigenvalue weighted by molar-refractivity contribution is -0.125. The van der Waals surface area contributed by atoms with Gasteiger partial charge in [0.1, 0.15) is 12.4 Å². The summed E-state index contributed by atoms with van der Waals surface area (Å²) in [4.78, 5) is 15.0. The van der Waals surface area contributed by atoms with Crippen LogP contribution in [0, 0.1) is 5.82 Å². The number of hydrogen-bond donors (Lipinski definition) is 2. The minimum atomic E-state index is -0.603. The normalized spacial score (nSPS) is 10.3. The van der Waals surface area contributed by atoms with Crippen molar-refractivity contribution in [1.82, 2.24) is 5.48 Å². The third-order valence-corrected chi connectivity index (χ3v) is 1.90. The lowest BCUT2D eigenvalue weighted by Gasteiger charge is -2.05. The zero-order chi connectivity index (χ0) is 11.3. The lowest BCUT2D eigenvalue weighted by atomic mass is 10.2. The predicted octanol–water partition coefficient (Wildman–Crippen LogP) is 0.986. The predicted molar refractivity (Wildman–Crippen MR) is 53.4 cm³/mol. The number of primary amides is 1. The molecule has 4 nitrogen and oxygen atoms in total. The van der Waals surface area contributed by atoms with Crippen molar-refractivity contribution in [2.45, 2.75) is 6.54 Å². The minimum Gasteiger partial charge on any atom is -0.368 e. The number of hydrogen-bond acceptors (Lipinski definition) is 3. The molecular weight excluding hydrogens is 223 g/mol. The van der Waals surface area contributed by atoms with Crippen LogP contribution in [0.3, 0.4) is 0 Å². The minimum absolute atomic E-state index is 0.0456. The molecule has 0 aromatic heterocycles. The summed E-state index contributed by atoms with van der Waals surface area (Å²) in [5.41, 5.74) is 7.58. The van der Waals surface area contributed by atoms with Crippen LogP contribution in [0.2, 0.25) is 5.02 Å². The molecule has 82 valence electrons. The lowest BCUT2D eigenvalue weighted by Crippen LogP contribution is -2.24. The molecule has 0 aliphatic rings. The average molecular weight is 233 g/mol. The van der Waals surface area contributed by atoms with Gasteiger partial charge in [-0.25, -0.2) is 4.39 Å². The van der Waals surface area contributed by atoms with Crippen molar-refractivity contribution < 1.29 is 14.0 Å². The van der Waals surface area contributed by atoms with Gasteiger partial charge < -0.3 is 5.73 Å². The van der Waals surface area contributed by atoms with Gasteiger partial charge in [0.2, 0.25) is 5.91 Å². The summed E-state index contributed by atoms with van der Waals surface area (Å²) < 4.78 is 13.3. The largest absolute Gasteiger partial charge is 0.368 e. The topological polar surface area (TPSA) is 64.4 Å². The first-order valence-corrected chi connectivity index (χ1v) is 4.55. The van der Waals surface area contributed by atoms with E-state index in [9.17, 15) is 9.18 Å². The third-order valence-electron chi connectivity index (χ3n) is 1.61. The molecule has 0 atom stereocenters. The van der Waals surface area contributed by atoms with Gasteiger partial charge >= 0.3 is 0 Å². The fourth-order valence-electron chi connectivity index (χ4n) is 0.936. The van der Waals surface area contributed by atoms with Crippen LogP contribution >= 0.6 is 11.6 Å². The number of nitrogens with one attached hydrogen (secondary N) is 1. The SMILES string of the molecule is NC(=O)CONCc1cccc(Cl)c1F. The van der Waals surface area contributed by atoms with Crippen LogP contribution in [0.4, 0.5) is 4.39 Å². The summed E-state index contributed by atoms with van der Waals surface area (Å²) >= 11 is 5.56. The molecule has 0 heterocycles. The molecule has 15 heavy (non-hydrogen) atoms. The maximum Gasteiger partial charge on any atom is 0.245 e. The molecule has 0 aliphatic carbocycles. The summed E-state index contributed by atoms with van der Waals surface area (Å²) in [6.07, 6.45) is 0. The van der Waals surface area contributed by atoms with Gasteiger partial charge in [-0.05, 0) is 6.07 Å². The molecule has 0 fully saturated rings. The van der Waals surface area contributed by atoms with E-state index in [1.165, 1.54) is 6.07 Å². The Kier molecular flexibility index (Phi) is 4.48. The van der Waals surface area contributed by atoms with Crippen LogP contribution in [0.5, 0.6) is 0 Å². The number of halogens is 2. The monoisotopic (exact) mass is 232 g/mol. The Morgan fingerprint density at radius 2 is 2.33 bits per heavy atom. The van der Waals surface area contributed by atoms with Crippen LogP contribution < -0.4 is 11.2 Å². The first-order chi connectivity index (χ1) is 7.11. The molecule has 0 radical (unpaired) electrons. The molecule has 1 rings (SSSR count). The quantitative estimate of drug-likeness (QED) is 0.588. The van der Waals surface area contributed by atoms with Gasteiger partial charge in [0.25, 0.3) is 0 Å². The van der Waals surface area contributed by atoms with Crippen molar-refractivity contribution in [2.24, 2.45) is 5.73 Å². The van der Waals surface area contributed by atoms with Crippen LogP contribution in [0.25, 0.3) is 0 Å². The maximum atomic E-state index is 13.3. The molecule has 0 unspecified atom stereocenters. The Bertz CT molecular complexity index is 360. The Morgan fingerprint density at radius 1 is 1.60 bits per heavy atom. The molecule has 0 spiro atoms. The zero-order valence-corrected chi connectivity index (χ0v) is 8.55. The highest BCUT2D eigenvalue weighted by atomic mass is 35.5. The fourth-order valence-corrected chi connectivity index (χ4v) is 1.13. The number of benzene rings is 1. The van der Waals surface area contributed by atoms with Gasteiger partial charge in [-0.3, -0.25) is 9.63 Å². The summed E-state index contributed by atoms with van der Waals surface area (Å²) in [6.45, 7) is -0.151. The summed E-state index contributed by atoms with van der Waals surface area (Å²) in [5.74, 6) is -1.11. The van der Waals surface area contributed by atoms with E-state index < -0.39 is 11.7 Å². The van der Waals surface area contributed by atoms with Crippen LogP contribution in [0.1, 0.15) is 5.56 Å². The number of carbonyl (C=O) groups is 1. The Labute approximate surface area is 91.1 Å². The van der Waals surface area contributed by atoms with E-state index >= 15 is 0 Å². The molecule has 0 aliphatic heterocycles. The van der Waals surface area contributed by atoms with Crippen molar-refractivity contribution in [3.8, 4) is 0 Å². The Balaban J connectivity index is 2.44. The number of rotatable bonds is 5. The summed E-state index contributed by atoms with van der Waals surface area (Å²) in [6, 6.07) is 4.63. The van der Waals surface area contributed by atoms with Crippen molar-refractivity contribution in [3.05, 3.63) is 34.6 Å². The first kappa shape index (κ1) is 11.9. The Morgan fingerprint density at radius 3 is 3.00 bits per heavy atom. The Hall–Kier alpha value is -1.17. The standard InChI is InChI=1S/C9H10ClFN2O2/c10-7-3-1-2-6(9(7)11)4-13-15-5-8(12)14/h1-3,13H,4-5H2,(H2,12,14). The van der Waals surface area contributed by atoms with E-state index in [-0.39, 0.29) is 18.2 Å². The number of amides is 1. The van der Waals surface area contributed by atoms with E-state index in [1.54, 1.807) is 12.1 Å². The first-order valence-electron chi connectivity index (χ1n) is 4.17. The smallest absolute Gasteiger partial charge is 0.245 e. The summed E-state index contributed by atoms with van der Waals surface area (Å²) in [5, 5.41) is 0.0456. The van der Waals surface area contributed by atoms with Crippen LogP contribution in [-0.4, -0.2) is 12.5 Å². The van der Waals surface area contributed by atoms with Gasteiger partial charge in [-0.15, -0.1) is 0 Å². The molecule has 0 saturated carbocycles. The van der Waals surface area contributed by atoms with E-state index in [2.05, 4.69) is 10.3 Å². The second-order valence-electron chi connectivity index (χ2n) is 2.79. The highest BCUT2D eigenvalue weighted by Crippen LogP contribution is 2.17. The third kappa shape index (κ3) is 3.83. The van der Waals surface area contributed by atoms with Gasteiger partial charge in [0.15, 0.2) is 0 Å². The average Bonchev–Trinajstić information content (AvgIpc) is 2.18. The van der Waals surface area contributed by atoms with Crippen molar-refractivity contribution in [3.63, 3.8) is 0 Å². The number of hydroxylamine groups is 1. The second-order valence-corrected chi connectivity index (χ2v) is 3.20. The highest BCUT2D eigenvalue weighted by Gasteiger charge is 2.05. The van der Waals surface area contributed by atoms with Gasteiger partial charge in [-0.2, -0.15) is 5.48 Å². The van der Waals surface area contributed by atoms with Crippen molar-refractivity contribution >= 4 is 17.5 Å². The van der Waals surface area contributed by atoms with Crippen LogP contribution in [0.15, 0.2) is 18.2 Å². The zero-order valence-electron chi connectivity index (χ0n) is 7.80. The van der Waals surface area contributed by atoms with Crippen molar-refractivity contribution in [1.29, 1.82) is 0 Å². The van der Waals surface area contributed by atoms with E-state index in [0.717, 1.165) is 0 Å². The molecule has 6 heteroatoms. The second kappa shape index (κ2) is 5.65. The highest BCUT2D eigenvalue weighted by molar-refractivity contribution is 6.30. The maximum absolute atomic E-state index is 13.3. The van der Waals surface area contributed by atoms with Gasteiger partial charge in [0, 0.05) is 12.1 Å². The molecule has 1 aromatic rings. The fraction of sp³-hybridized carbons (Fsp3) is 0.222. The molecule has 3 N–H and O–H groups in total. The molecule has 1 amide bonds. The number of nitrogens with two attached hydrogens (primary N) is 1. The van der Waals surface area contributed by atoms with Gasteiger partial charge in [-0.1, -0.05) is 23.7 Å². The molecule has 1 aromatic carbocycles. The molecule has 0 bridgehead atoms. The van der Waals surface area contributed by atoms with Gasteiger partial charge in [0.05, 0.1) is 5.02 Å². The van der Waals surface area contributed by atoms with Crippen molar-refractivity contribution in [2.75, 3.05) is 6.61 Å². The van der Waals surface area contributed by atoms with Crippen LogP contribution in [-0.2, 0) is 16.2 Å². The molecular formula is C9H10ClFN2O2. The van der Waals surface area contributed by atoms with E-state index in [4.69, 9.17) is 17.3 Å². The van der Waals surface area contributed by atoms with E-state index in [0.29, 0.717) is 5.56 Å². The number of carbonyl (C=O) groups excluding carboxylic acids is 1.